The Labute approximate surface area is 246 Å². The van der Waals surface area contributed by atoms with Crippen molar-refractivity contribution in [3.63, 3.8) is 0 Å². The minimum Gasteiger partial charge on any atom is -0.427 e. The molecular formula is C35H25FN2O5. The van der Waals surface area contributed by atoms with Gasteiger partial charge in [0.05, 0.1) is 12.0 Å². The Balaban J connectivity index is 1.48. The lowest BCUT2D eigenvalue weighted by atomic mass is 9.62. The lowest BCUT2D eigenvalue weighted by Crippen LogP contribution is -2.49. The third-order valence-corrected chi connectivity index (χ3v) is 8.65. The predicted octanol–water partition coefficient (Wildman–Crippen LogP) is 5.73. The highest BCUT2D eigenvalue weighted by molar-refractivity contribution is 6.16. The van der Waals surface area contributed by atoms with Crippen LogP contribution in [0, 0.1) is 11.7 Å². The monoisotopic (exact) mass is 572 g/mol. The van der Waals surface area contributed by atoms with Gasteiger partial charge in [0.1, 0.15) is 23.0 Å². The molecule has 4 aromatic rings. The van der Waals surface area contributed by atoms with Gasteiger partial charge in [-0.2, -0.15) is 0 Å². The molecule has 212 valence electrons. The molecule has 0 aromatic heterocycles. The molecule has 0 radical (unpaired) electrons. The molecule has 3 heterocycles. The molecule has 4 atom stereocenters. The Morgan fingerprint density at radius 3 is 2.23 bits per heavy atom. The van der Waals surface area contributed by atoms with Crippen molar-refractivity contribution in [1.29, 1.82) is 0 Å². The SMILES string of the molecule is CC(=O)Oc1ccc(C(=O)C2C(C(=O)c3ccc(F)cc3)C3(C(=O)Nc4ccccc43)C3c4ccccc4C=CN23)cc1. The van der Waals surface area contributed by atoms with Gasteiger partial charge in [-0.1, -0.05) is 42.5 Å². The van der Waals surface area contributed by atoms with E-state index in [-0.39, 0.29) is 28.6 Å². The molecule has 7 nitrogen and oxygen atoms in total. The number of nitrogens with one attached hydrogen (secondary N) is 1. The van der Waals surface area contributed by atoms with Gasteiger partial charge in [0.15, 0.2) is 11.6 Å². The van der Waals surface area contributed by atoms with Crippen LogP contribution in [-0.2, 0) is 15.0 Å². The number of hydrogen-bond acceptors (Lipinski definition) is 6. The average molecular weight is 573 g/mol. The van der Waals surface area contributed by atoms with Gasteiger partial charge in [-0.3, -0.25) is 19.2 Å². The van der Waals surface area contributed by atoms with E-state index >= 15 is 0 Å². The molecule has 1 saturated heterocycles. The van der Waals surface area contributed by atoms with Crippen LogP contribution in [0.2, 0.25) is 0 Å². The first-order valence-corrected chi connectivity index (χ1v) is 13.9. The first-order chi connectivity index (χ1) is 20.8. The van der Waals surface area contributed by atoms with Crippen LogP contribution in [0.3, 0.4) is 0 Å². The second kappa shape index (κ2) is 9.87. The van der Waals surface area contributed by atoms with Gasteiger partial charge in [-0.15, -0.1) is 0 Å². The van der Waals surface area contributed by atoms with Crippen molar-refractivity contribution >= 4 is 35.2 Å². The van der Waals surface area contributed by atoms with Gasteiger partial charge in [-0.05, 0) is 77.4 Å². The standard InChI is InChI=1S/C35H25FN2O5/c1-20(39)43-25-16-12-23(13-17-25)32(41)30-29(31(40)22-10-14-24(36)15-11-22)35(27-8-4-5-9-28(27)37-34(35)42)33-26-7-3-2-6-21(26)18-19-38(30)33/h2-19,29-30,33H,1H3,(H,37,42). The predicted molar refractivity (Wildman–Crippen MR) is 157 cm³/mol. The maximum absolute atomic E-state index is 14.7. The second-order valence-corrected chi connectivity index (χ2v) is 10.9. The van der Waals surface area contributed by atoms with E-state index in [9.17, 15) is 23.6 Å². The average Bonchev–Trinajstić information content (AvgIpc) is 3.49. The van der Waals surface area contributed by atoms with Gasteiger partial charge in [0.2, 0.25) is 5.91 Å². The Bertz CT molecular complexity index is 1850. The molecule has 3 aliphatic heterocycles. The molecule has 43 heavy (non-hydrogen) atoms. The zero-order chi connectivity index (χ0) is 29.9. The normalized spacial score (nSPS) is 22.9. The number of halogens is 1. The van der Waals surface area contributed by atoms with Gasteiger partial charge in [-0.25, -0.2) is 4.39 Å². The number of ketones is 2. The summed E-state index contributed by atoms with van der Waals surface area (Å²) >= 11 is 0. The quantitative estimate of drug-likeness (QED) is 0.187. The fraction of sp³-hybridized carbons (Fsp3) is 0.143. The highest BCUT2D eigenvalue weighted by Gasteiger charge is 2.70. The minimum absolute atomic E-state index is 0.197. The first kappa shape index (κ1) is 26.5. The zero-order valence-electron chi connectivity index (χ0n) is 23.0. The summed E-state index contributed by atoms with van der Waals surface area (Å²) in [4.78, 5) is 57.0. The third-order valence-electron chi connectivity index (χ3n) is 8.65. The number of hydrogen-bond donors (Lipinski definition) is 1. The van der Waals surface area contributed by atoms with E-state index in [0.29, 0.717) is 11.3 Å². The summed E-state index contributed by atoms with van der Waals surface area (Å²) in [6.07, 6.45) is 3.67. The van der Waals surface area contributed by atoms with Gasteiger partial charge >= 0.3 is 5.97 Å². The van der Waals surface area contributed by atoms with Crippen molar-refractivity contribution in [3.8, 4) is 5.75 Å². The summed E-state index contributed by atoms with van der Waals surface area (Å²) in [7, 11) is 0. The Morgan fingerprint density at radius 1 is 0.837 bits per heavy atom. The Kier molecular flexibility index (Phi) is 6.09. The highest BCUT2D eigenvalue weighted by atomic mass is 19.1. The Morgan fingerprint density at radius 2 is 1.49 bits per heavy atom. The fourth-order valence-electron chi connectivity index (χ4n) is 6.99. The summed E-state index contributed by atoms with van der Waals surface area (Å²) in [5.74, 6) is -3.10. The number of ether oxygens (including phenoxy) is 1. The van der Waals surface area contributed by atoms with Crippen LogP contribution in [0.1, 0.15) is 50.4 Å². The number of anilines is 1. The molecule has 0 bridgehead atoms. The fourth-order valence-corrected chi connectivity index (χ4v) is 6.99. The molecule has 3 aliphatic rings. The lowest BCUT2D eigenvalue weighted by molar-refractivity contribution is -0.131. The van der Waals surface area contributed by atoms with E-state index in [2.05, 4.69) is 5.32 Å². The van der Waals surface area contributed by atoms with Crippen LogP contribution in [0.25, 0.3) is 6.08 Å². The van der Waals surface area contributed by atoms with Crippen molar-refractivity contribution in [1.82, 2.24) is 4.90 Å². The molecule has 1 amide bonds. The van der Waals surface area contributed by atoms with Crippen molar-refractivity contribution in [2.45, 2.75) is 24.4 Å². The molecule has 1 spiro atoms. The van der Waals surface area contributed by atoms with E-state index in [4.69, 9.17) is 4.74 Å². The molecule has 4 unspecified atom stereocenters. The molecule has 8 heteroatoms. The number of para-hydroxylation sites is 1. The largest absolute Gasteiger partial charge is 0.427 e. The molecular weight excluding hydrogens is 547 g/mol. The van der Waals surface area contributed by atoms with Crippen LogP contribution >= 0.6 is 0 Å². The summed E-state index contributed by atoms with van der Waals surface area (Å²) in [5, 5.41) is 3.00. The molecule has 0 aliphatic carbocycles. The molecule has 1 N–H and O–H groups in total. The number of carbonyl (C=O) groups is 4. The molecule has 1 fully saturated rings. The second-order valence-electron chi connectivity index (χ2n) is 10.9. The molecule has 4 aromatic carbocycles. The first-order valence-electron chi connectivity index (χ1n) is 13.9. The van der Waals surface area contributed by atoms with Crippen molar-refractivity contribution < 1.29 is 28.3 Å². The third kappa shape index (κ3) is 3.94. The van der Waals surface area contributed by atoms with Gasteiger partial charge in [0, 0.05) is 29.9 Å². The van der Waals surface area contributed by atoms with E-state index in [1.165, 1.54) is 43.3 Å². The van der Waals surface area contributed by atoms with E-state index < -0.39 is 41.0 Å². The van der Waals surface area contributed by atoms with E-state index in [0.717, 1.165) is 11.1 Å². The number of amides is 1. The van der Waals surface area contributed by atoms with Crippen LogP contribution in [0.4, 0.5) is 10.1 Å². The van der Waals surface area contributed by atoms with Crippen LogP contribution in [-0.4, -0.2) is 34.4 Å². The van der Waals surface area contributed by atoms with Crippen LogP contribution < -0.4 is 10.1 Å². The Hall–Kier alpha value is -5.37. The van der Waals surface area contributed by atoms with Crippen molar-refractivity contribution in [3.05, 3.63) is 137 Å². The van der Waals surface area contributed by atoms with Crippen molar-refractivity contribution in [2.24, 2.45) is 5.92 Å². The number of nitrogens with zero attached hydrogens (tertiary/aromatic N) is 1. The number of carbonyl (C=O) groups excluding carboxylic acids is 4. The summed E-state index contributed by atoms with van der Waals surface area (Å²) < 4.78 is 19.1. The lowest BCUT2D eigenvalue weighted by Gasteiger charge is -2.38. The summed E-state index contributed by atoms with van der Waals surface area (Å²) in [6.45, 7) is 1.29. The van der Waals surface area contributed by atoms with Crippen molar-refractivity contribution in [2.75, 3.05) is 5.32 Å². The summed E-state index contributed by atoms with van der Waals surface area (Å²) in [6, 6.07) is 24.4. The topological polar surface area (TPSA) is 92.8 Å². The maximum atomic E-state index is 14.7. The number of esters is 1. The maximum Gasteiger partial charge on any atom is 0.308 e. The zero-order valence-corrected chi connectivity index (χ0v) is 23.0. The number of Topliss-reactive ketones (excluding diaryl/α,β-unsaturated/α-hetero) is 2. The highest BCUT2D eigenvalue weighted by Crippen LogP contribution is 2.62. The number of rotatable bonds is 5. The van der Waals surface area contributed by atoms with E-state index in [1.54, 1.807) is 24.4 Å². The molecule has 7 rings (SSSR count). The van der Waals surface area contributed by atoms with Crippen LogP contribution in [0.5, 0.6) is 5.75 Å². The minimum atomic E-state index is -1.49. The number of fused-ring (bicyclic) bond motifs is 6. The van der Waals surface area contributed by atoms with Gasteiger partial charge in [0.25, 0.3) is 0 Å². The van der Waals surface area contributed by atoms with Crippen LogP contribution in [0.15, 0.2) is 103 Å². The van der Waals surface area contributed by atoms with E-state index in [1.807, 2.05) is 53.4 Å². The smallest absolute Gasteiger partial charge is 0.308 e. The summed E-state index contributed by atoms with van der Waals surface area (Å²) in [5.41, 5.74) is 1.90. The molecule has 0 saturated carbocycles. The van der Waals surface area contributed by atoms with Gasteiger partial charge < -0.3 is 15.0 Å². The number of benzene rings is 4.